The first-order valence-corrected chi connectivity index (χ1v) is 8.19. The van der Waals surface area contributed by atoms with Crippen molar-refractivity contribution >= 4 is 22.5 Å². The molecule has 1 aliphatic rings. The summed E-state index contributed by atoms with van der Waals surface area (Å²) >= 11 is 0. The predicted molar refractivity (Wildman–Crippen MR) is 95.7 cm³/mol. The second kappa shape index (κ2) is 5.61. The summed E-state index contributed by atoms with van der Waals surface area (Å²) in [6.45, 7) is 0.712. The molecular weight excluding hydrogens is 316 g/mol. The summed E-state index contributed by atoms with van der Waals surface area (Å²) in [6, 6.07) is 10.6. The van der Waals surface area contributed by atoms with Crippen LogP contribution in [-0.2, 0) is 6.54 Å². The molecule has 1 atom stereocenters. The van der Waals surface area contributed by atoms with Gasteiger partial charge in [0.1, 0.15) is 11.3 Å². The Kier molecular flexibility index (Phi) is 3.52. The van der Waals surface area contributed by atoms with E-state index in [1.807, 2.05) is 32.3 Å². The normalized spacial score (nSPS) is 16.5. The van der Waals surface area contributed by atoms with Crippen molar-refractivity contribution in [3.8, 4) is 5.75 Å². The summed E-state index contributed by atoms with van der Waals surface area (Å²) in [5.41, 5.74) is 9.50. The third kappa shape index (κ3) is 2.47. The van der Waals surface area contributed by atoms with Gasteiger partial charge in [0.15, 0.2) is 5.69 Å². The molecule has 6 N–H and O–H groups in total. The number of benzene rings is 2. The molecule has 0 aliphatic carbocycles. The maximum Gasteiger partial charge on any atom is 0.252 e. The molecule has 0 saturated heterocycles. The SMILES string of the molecule is CN(C)Cc1[nH]c2c([NH3+])cccc2c1C1NC(=O)c2ccc(O)cc21. The molecule has 1 unspecified atom stereocenters. The van der Waals surface area contributed by atoms with Crippen LogP contribution in [0.4, 0.5) is 5.69 Å². The van der Waals surface area contributed by atoms with Crippen LogP contribution in [0.15, 0.2) is 36.4 Å². The van der Waals surface area contributed by atoms with Gasteiger partial charge in [-0.3, -0.25) is 4.79 Å². The molecule has 1 aliphatic heterocycles. The number of hydrogen-bond acceptors (Lipinski definition) is 3. The minimum Gasteiger partial charge on any atom is -0.508 e. The maximum absolute atomic E-state index is 12.4. The number of fused-ring (bicyclic) bond motifs is 2. The van der Waals surface area contributed by atoms with E-state index in [9.17, 15) is 9.90 Å². The second-order valence-electron chi connectivity index (χ2n) is 6.77. The third-order valence-corrected chi connectivity index (χ3v) is 4.67. The number of phenols is 1. The van der Waals surface area contributed by atoms with Crippen LogP contribution in [0.3, 0.4) is 0 Å². The van der Waals surface area contributed by atoms with E-state index in [-0.39, 0.29) is 17.7 Å². The van der Waals surface area contributed by atoms with Crippen LogP contribution in [0.2, 0.25) is 0 Å². The smallest absolute Gasteiger partial charge is 0.252 e. The molecule has 2 heterocycles. The Hall–Kier alpha value is -2.83. The van der Waals surface area contributed by atoms with Crippen LogP contribution in [0.5, 0.6) is 5.75 Å². The van der Waals surface area contributed by atoms with Crippen molar-refractivity contribution in [3.05, 3.63) is 58.8 Å². The largest absolute Gasteiger partial charge is 0.508 e. The summed E-state index contributed by atoms with van der Waals surface area (Å²) in [7, 11) is 4.01. The summed E-state index contributed by atoms with van der Waals surface area (Å²) in [5, 5.41) is 14.0. The Labute approximate surface area is 145 Å². The van der Waals surface area contributed by atoms with Crippen molar-refractivity contribution < 1.29 is 15.6 Å². The monoisotopic (exact) mass is 337 g/mol. The minimum atomic E-state index is -0.292. The molecule has 4 rings (SSSR count). The number of H-pyrrole nitrogens is 1. The standard InChI is InChI=1S/C19H20N4O2/c1-23(2)9-15-16(12-4-3-5-14(20)17(12)21-15)18-13-8-10(24)6-7-11(13)19(25)22-18/h3-8,18,21,24H,9,20H2,1-2H3,(H,22,25)/p+1. The van der Waals surface area contributed by atoms with Crippen molar-refractivity contribution in [2.45, 2.75) is 12.6 Å². The van der Waals surface area contributed by atoms with Crippen molar-refractivity contribution in [1.29, 1.82) is 0 Å². The Morgan fingerprint density at radius 2 is 2.04 bits per heavy atom. The Morgan fingerprint density at radius 3 is 2.80 bits per heavy atom. The van der Waals surface area contributed by atoms with Crippen LogP contribution in [0, 0.1) is 0 Å². The molecule has 0 spiro atoms. The minimum absolute atomic E-state index is 0.115. The number of amides is 1. The molecule has 1 aromatic heterocycles. The average Bonchev–Trinajstić information content (AvgIpc) is 3.05. The Morgan fingerprint density at radius 1 is 1.24 bits per heavy atom. The van der Waals surface area contributed by atoms with Gasteiger partial charge < -0.3 is 26.0 Å². The molecule has 1 amide bonds. The summed E-state index contributed by atoms with van der Waals surface area (Å²) in [5.74, 6) is 0.0445. The first kappa shape index (κ1) is 15.7. The number of aromatic nitrogens is 1. The van der Waals surface area contributed by atoms with Gasteiger partial charge in [-0.2, -0.15) is 0 Å². The Bertz CT molecular complexity index is 990. The zero-order valence-corrected chi connectivity index (χ0v) is 14.3. The highest BCUT2D eigenvalue weighted by Gasteiger charge is 2.33. The first-order chi connectivity index (χ1) is 12.0. The van der Waals surface area contributed by atoms with Crippen molar-refractivity contribution in [3.63, 3.8) is 0 Å². The maximum atomic E-state index is 12.4. The first-order valence-electron chi connectivity index (χ1n) is 8.19. The number of carbonyl (C=O) groups is 1. The zero-order valence-electron chi connectivity index (χ0n) is 14.3. The zero-order chi connectivity index (χ0) is 17.7. The van der Waals surface area contributed by atoms with Crippen molar-refractivity contribution in [2.75, 3.05) is 14.1 Å². The van der Waals surface area contributed by atoms with E-state index in [2.05, 4.69) is 20.9 Å². The third-order valence-electron chi connectivity index (χ3n) is 4.67. The fourth-order valence-corrected chi connectivity index (χ4v) is 3.63. The molecule has 6 heteroatoms. The number of nitrogens with one attached hydrogen (secondary N) is 2. The van der Waals surface area contributed by atoms with Crippen molar-refractivity contribution in [1.82, 2.24) is 15.2 Å². The van der Waals surface area contributed by atoms with Crippen molar-refractivity contribution in [2.24, 2.45) is 0 Å². The highest BCUT2D eigenvalue weighted by Crippen LogP contribution is 2.39. The highest BCUT2D eigenvalue weighted by atomic mass is 16.3. The van der Waals surface area contributed by atoms with Gasteiger partial charge in [-0.1, -0.05) is 12.1 Å². The summed E-state index contributed by atoms with van der Waals surface area (Å²) in [4.78, 5) is 18.0. The van der Waals surface area contributed by atoms with Gasteiger partial charge in [-0.25, -0.2) is 0 Å². The van der Waals surface area contributed by atoms with Crippen LogP contribution < -0.4 is 11.1 Å². The summed E-state index contributed by atoms with van der Waals surface area (Å²) < 4.78 is 0. The molecule has 128 valence electrons. The van der Waals surface area contributed by atoms with Gasteiger partial charge in [-0.05, 0) is 37.9 Å². The number of nitrogens with zero attached hydrogens (tertiary/aromatic N) is 1. The molecule has 0 bridgehead atoms. The highest BCUT2D eigenvalue weighted by molar-refractivity contribution is 6.01. The van der Waals surface area contributed by atoms with E-state index in [0.29, 0.717) is 12.1 Å². The number of aromatic amines is 1. The van der Waals surface area contributed by atoms with Gasteiger partial charge in [0.05, 0.1) is 6.04 Å². The molecule has 0 saturated carbocycles. The molecule has 0 radical (unpaired) electrons. The van der Waals surface area contributed by atoms with E-state index in [1.54, 1.807) is 18.2 Å². The van der Waals surface area contributed by atoms with E-state index in [1.165, 1.54) is 0 Å². The topological polar surface area (TPSA) is 96.0 Å². The molecular formula is C19H21N4O2+. The summed E-state index contributed by atoms with van der Waals surface area (Å²) in [6.07, 6.45) is 0. The van der Waals surface area contributed by atoms with Gasteiger partial charge in [-0.15, -0.1) is 0 Å². The fourth-order valence-electron chi connectivity index (χ4n) is 3.63. The number of rotatable bonds is 3. The van der Waals surface area contributed by atoms with E-state index in [0.717, 1.165) is 33.4 Å². The lowest BCUT2D eigenvalue weighted by Gasteiger charge is -2.16. The van der Waals surface area contributed by atoms with Gasteiger partial charge in [0.2, 0.25) is 0 Å². The number of phenolic OH excluding ortho intramolecular Hbond substituents is 1. The molecule has 6 nitrogen and oxygen atoms in total. The van der Waals surface area contributed by atoms with Crippen LogP contribution in [0.1, 0.15) is 33.2 Å². The predicted octanol–water partition coefficient (Wildman–Crippen LogP) is 1.64. The number of aromatic hydroxyl groups is 1. The van der Waals surface area contributed by atoms with E-state index in [4.69, 9.17) is 0 Å². The van der Waals surface area contributed by atoms with Crippen LogP contribution in [-0.4, -0.2) is 35.0 Å². The van der Waals surface area contributed by atoms with Crippen LogP contribution >= 0.6 is 0 Å². The van der Waals surface area contributed by atoms with Crippen LogP contribution in [0.25, 0.3) is 10.9 Å². The van der Waals surface area contributed by atoms with Gasteiger partial charge in [0, 0.05) is 34.8 Å². The van der Waals surface area contributed by atoms with E-state index < -0.39 is 0 Å². The average molecular weight is 337 g/mol. The molecule has 0 fully saturated rings. The van der Waals surface area contributed by atoms with E-state index >= 15 is 0 Å². The number of hydrogen-bond donors (Lipinski definition) is 4. The lowest BCUT2D eigenvalue weighted by Crippen LogP contribution is -2.40. The number of para-hydroxylation sites is 1. The molecule has 3 aromatic rings. The Balaban J connectivity index is 1.97. The molecule has 25 heavy (non-hydrogen) atoms. The fraction of sp³-hybridized carbons (Fsp3) is 0.211. The quantitative estimate of drug-likeness (QED) is 0.585. The molecule has 2 aromatic carbocycles. The second-order valence-corrected chi connectivity index (χ2v) is 6.77. The number of carbonyl (C=O) groups excluding carboxylic acids is 1. The van der Waals surface area contributed by atoms with Gasteiger partial charge in [0.25, 0.3) is 5.91 Å². The lowest BCUT2D eigenvalue weighted by atomic mass is 9.95. The number of quaternary nitrogens is 1. The lowest BCUT2D eigenvalue weighted by molar-refractivity contribution is -0.252. The van der Waals surface area contributed by atoms with Gasteiger partial charge >= 0.3 is 0 Å².